The van der Waals surface area contributed by atoms with Crippen molar-refractivity contribution in [3.63, 3.8) is 0 Å². The van der Waals surface area contributed by atoms with Crippen molar-refractivity contribution in [3.05, 3.63) is 35.9 Å². The Morgan fingerprint density at radius 2 is 1.94 bits per heavy atom. The monoisotopic (exact) mass is 230 g/mol. The van der Waals surface area contributed by atoms with Gasteiger partial charge in [-0.3, -0.25) is 4.84 Å². The molecule has 0 spiro atoms. The van der Waals surface area contributed by atoms with E-state index in [9.17, 15) is 5.26 Å². The van der Waals surface area contributed by atoms with Gasteiger partial charge in [0.2, 0.25) is 0 Å². The van der Waals surface area contributed by atoms with Crippen molar-refractivity contribution in [1.82, 2.24) is 5.06 Å². The quantitative estimate of drug-likeness (QED) is 0.744. The lowest BCUT2D eigenvalue weighted by atomic mass is 9.93. The van der Waals surface area contributed by atoms with Crippen LogP contribution in [-0.4, -0.2) is 17.2 Å². The van der Waals surface area contributed by atoms with Gasteiger partial charge in [0.1, 0.15) is 0 Å². The van der Waals surface area contributed by atoms with Crippen LogP contribution in [0.1, 0.15) is 32.4 Å². The van der Waals surface area contributed by atoms with Crippen molar-refractivity contribution < 1.29 is 4.84 Å². The highest BCUT2D eigenvalue weighted by Crippen LogP contribution is 2.39. The van der Waals surface area contributed by atoms with Crippen LogP contribution in [0.3, 0.4) is 0 Å². The largest absolute Gasteiger partial charge is 0.296 e. The Bertz CT molecular complexity index is 416. The minimum absolute atomic E-state index is 0.0289. The fourth-order valence-electron chi connectivity index (χ4n) is 2.23. The zero-order chi connectivity index (χ0) is 12.5. The summed E-state index contributed by atoms with van der Waals surface area (Å²) in [6.07, 6.45) is 0. The van der Waals surface area contributed by atoms with Gasteiger partial charge in [-0.25, -0.2) is 0 Å². The lowest BCUT2D eigenvalue weighted by molar-refractivity contribution is -0.189. The zero-order valence-corrected chi connectivity index (χ0v) is 10.6. The van der Waals surface area contributed by atoms with E-state index in [1.165, 1.54) is 0 Å². The molecule has 3 heteroatoms. The Balaban J connectivity index is 2.36. The van der Waals surface area contributed by atoms with Gasteiger partial charge in [0, 0.05) is 5.54 Å². The molecule has 1 aromatic carbocycles. The highest BCUT2D eigenvalue weighted by atomic mass is 16.7. The van der Waals surface area contributed by atoms with Crippen LogP contribution in [0.15, 0.2) is 30.3 Å². The van der Waals surface area contributed by atoms with Gasteiger partial charge in [0.25, 0.3) is 0 Å². The van der Waals surface area contributed by atoms with Crippen LogP contribution >= 0.6 is 0 Å². The minimum Gasteiger partial charge on any atom is -0.296 e. The minimum atomic E-state index is -0.105. The number of hydroxylamine groups is 2. The molecule has 17 heavy (non-hydrogen) atoms. The van der Waals surface area contributed by atoms with Crippen LogP contribution in [0.4, 0.5) is 0 Å². The van der Waals surface area contributed by atoms with Crippen LogP contribution in [0.2, 0.25) is 0 Å². The molecule has 1 heterocycles. The average Bonchev–Trinajstić information content (AvgIpc) is 2.73. The molecule has 0 aliphatic carbocycles. The van der Waals surface area contributed by atoms with E-state index in [4.69, 9.17) is 4.84 Å². The van der Waals surface area contributed by atoms with Gasteiger partial charge in [0.15, 0.2) is 0 Å². The maximum Gasteiger partial charge on any atom is 0.0936 e. The number of rotatable bonds is 1. The fourth-order valence-corrected chi connectivity index (χ4v) is 2.23. The molecule has 0 N–H and O–H groups in total. The Morgan fingerprint density at radius 3 is 2.47 bits per heavy atom. The third-order valence-corrected chi connectivity index (χ3v) is 3.00. The molecule has 0 unspecified atom stereocenters. The molecule has 0 aromatic heterocycles. The van der Waals surface area contributed by atoms with E-state index in [-0.39, 0.29) is 17.5 Å². The van der Waals surface area contributed by atoms with E-state index in [1.54, 1.807) is 0 Å². The Labute approximate surface area is 103 Å². The maximum absolute atomic E-state index is 9.22. The Kier molecular flexibility index (Phi) is 3.19. The Morgan fingerprint density at radius 1 is 1.29 bits per heavy atom. The first-order chi connectivity index (χ1) is 8.04. The number of benzene rings is 1. The normalized spacial score (nSPS) is 25.8. The first-order valence-electron chi connectivity index (χ1n) is 5.91. The van der Waals surface area contributed by atoms with E-state index >= 15 is 0 Å². The van der Waals surface area contributed by atoms with Crippen LogP contribution in [0.25, 0.3) is 0 Å². The molecule has 2 atom stereocenters. The standard InChI is InChI=1S/C14H18N2O/c1-14(2,3)16-13(12(9-15)10-17-16)11-7-5-4-6-8-11/h4-8,12-13H,10H2,1-3H3/t12-,13-/m1/s1. The molecular weight excluding hydrogens is 212 g/mol. The van der Waals surface area contributed by atoms with Crippen molar-refractivity contribution in [2.75, 3.05) is 6.61 Å². The van der Waals surface area contributed by atoms with Crippen molar-refractivity contribution in [3.8, 4) is 6.07 Å². The van der Waals surface area contributed by atoms with Gasteiger partial charge in [-0.15, -0.1) is 0 Å². The summed E-state index contributed by atoms with van der Waals surface area (Å²) in [4.78, 5) is 5.70. The second-order valence-electron chi connectivity index (χ2n) is 5.38. The summed E-state index contributed by atoms with van der Waals surface area (Å²) in [7, 11) is 0. The van der Waals surface area contributed by atoms with Crippen molar-refractivity contribution in [2.45, 2.75) is 32.4 Å². The average molecular weight is 230 g/mol. The molecular formula is C14H18N2O. The second kappa shape index (κ2) is 4.48. The molecule has 0 saturated carbocycles. The molecule has 0 amide bonds. The summed E-state index contributed by atoms with van der Waals surface area (Å²) in [6, 6.07) is 12.5. The topological polar surface area (TPSA) is 36.3 Å². The van der Waals surface area contributed by atoms with E-state index in [0.717, 1.165) is 5.56 Å². The predicted octanol–water partition coefficient (Wildman–Crippen LogP) is 2.91. The van der Waals surface area contributed by atoms with Crippen LogP contribution < -0.4 is 0 Å². The summed E-state index contributed by atoms with van der Waals surface area (Å²) < 4.78 is 0. The highest BCUT2D eigenvalue weighted by Gasteiger charge is 2.42. The van der Waals surface area contributed by atoms with E-state index in [2.05, 4.69) is 39.0 Å². The molecule has 0 radical (unpaired) electrons. The molecule has 2 rings (SSSR count). The van der Waals surface area contributed by atoms with Crippen LogP contribution in [-0.2, 0) is 4.84 Å². The third kappa shape index (κ3) is 2.33. The van der Waals surface area contributed by atoms with Crippen molar-refractivity contribution in [1.29, 1.82) is 5.26 Å². The SMILES string of the molecule is CC(C)(C)N1OC[C@@H](C#N)[C@H]1c1ccccc1. The van der Waals surface area contributed by atoms with Crippen molar-refractivity contribution in [2.24, 2.45) is 5.92 Å². The molecule has 0 bridgehead atoms. The van der Waals surface area contributed by atoms with Gasteiger partial charge in [-0.2, -0.15) is 10.3 Å². The molecule has 1 aromatic rings. The summed E-state index contributed by atoms with van der Waals surface area (Å²) in [5.74, 6) is -0.100. The molecule has 3 nitrogen and oxygen atoms in total. The summed E-state index contributed by atoms with van der Waals surface area (Å²) >= 11 is 0. The molecule has 1 aliphatic rings. The van der Waals surface area contributed by atoms with Gasteiger partial charge < -0.3 is 0 Å². The highest BCUT2D eigenvalue weighted by molar-refractivity contribution is 5.22. The van der Waals surface area contributed by atoms with Gasteiger partial charge >= 0.3 is 0 Å². The molecule has 1 saturated heterocycles. The van der Waals surface area contributed by atoms with Crippen LogP contribution in [0, 0.1) is 17.2 Å². The zero-order valence-electron chi connectivity index (χ0n) is 10.6. The van der Waals surface area contributed by atoms with E-state index in [0.29, 0.717) is 6.61 Å². The lowest BCUT2D eigenvalue weighted by Crippen LogP contribution is -2.40. The van der Waals surface area contributed by atoms with Gasteiger partial charge in [0.05, 0.1) is 24.6 Å². The van der Waals surface area contributed by atoms with E-state index in [1.807, 2.05) is 23.3 Å². The number of hydrogen-bond acceptors (Lipinski definition) is 3. The second-order valence-corrected chi connectivity index (χ2v) is 5.38. The van der Waals surface area contributed by atoms with Gasteiger partial charge in [-0.05, 0) is 26.3 Å². The molecule has 1 aliphatic heterocycles. The predicted molar refractivity (Wildman–Crippen MR) is 65.8 cm³/mol. The van der Waals surface area contributed by atoms with Crippen LogP contribution in [0.5, 0.6) is 0 Å². The first-order valence-corrected chi connectivity index (χ1v) is 5.91. The van der Waals surface area contributed by atoms with E-state index < -0.39 is 0 Å². The summed E-state index contributed by atoms with van der Waals surface area (Å²) in [5, 5.41) is 11.2. The Hall–Kier alpha value is -1.37. The first kappa shape index (κ1) is 12.1. The number of hydrogen-bond donors (Lipinski definition) is 0. The maximum atomic E-state index is 9.22. The summed E-state index contributed by atoms with van der Waals surface area (Å²) in [6.45, 7) is 6.78. The molecule has 90 valence electrons. The summed E-state index contributed by atoms with van der Waals surface area (Å²) in [5.41, 5.74) is 1.04. The van der Waals surface area contributed by atoms with Gasteiger partial charge in [-0.1, -0.05) is 30.3 Å². The van der Waals surface area contributed by atoms with Crippen molar-refractivity contribution >= 4 is 0 Å². The number of nitriles is 1. The molecule has 1 fully saturated rings. The lowest BCUT2D eigenvalue weighted by Gasteiger charge is -2.35. The smallest absolute Gasteiger partial charge is 0.0936 e. The number of nitrogens with zero attached hydrogens (tertiary/aromatic N) is 2. The fraction of sp³-hybridized carbons (Fsp3) is 0.500. The third-order valence-electron chi connectivity index (χ3n) is 3.00.